The summed E-state index contributed by atoms with van der Waals surface area (Å²) < 4.78 is 10.0. The Morgan fingerprint density at radius 3 is 2.67 bits per heavy atom. The maximum absolute atomic E-state index is 11.8. The van der Waals surface area contributed by atoms with E-state index in [1.165, 1.54) is 0 Å². The van der Waals surface area contributed by atoms with Crippen molar-refractivity contribution >= 4 is 5.78 Å². The molecule has 1 rings (SSSR count). The van der Waals surface area contributed by atoms with Crippen LogP contribution >= 0.6 is 0 Å². The second-order valence-corrected chi connectivity index (χ2v) is 3.22. The Morgan fingerprint density at radius 2 is 2.00 bits per heavy atom. The fourth-order valence-corrected chi connectivity index (χ4v) is 1.39. The molecule has 0 saturated carbocycles. The molecule has 0 atom stereocenters. The lowest BCUT2D eigenvalue weighted by atomic mass is 10.1. The summed E-state index contributed by atoms with van der Waals surface area (Å²) in [6.07, 6.45) is 1.24. The summed E-state index contributed by atoms with van der Waals surface area (Å²) in [5.74, 6) is 0.740. The van der Waals surface area contributed by atoms with Gasteiger partial charge in [0.05, 0.1) is 12.7 Å². The number of methoxy groups -OCH3 is 2. The van der Waals surface area contributed by atoms with E-state index in [2.05, 4.69) is 0 Å². The first kappa shape index (κ1) is 11.7. The minimum Gasteiger partial charge on any atom is -0.496 e. The Bertz CT molecular complexity index is 320. The van der Waals surface area contributed by atoms with Gasteiger partial charge in [-0.05, 0) is 18.6 Å². The molecule has 1 aromatic rings. The third-order valence-corrected chi connectivity index (χ3v) is 2.16. The van der Waals surface area contributed by atoms with Crippen molar-refractivity contribution < 1.29 is 14.3 Å². The summed E-state index contributed by atoms with van der Waals surface area (Å²) in [5.41, 5.74) is 0.649. The fraction of sp³-hybridized carbons (Fsp3) is 0.417. The molecule has 0 aromatic heterocycles. The molecule has 0 heterocycles. The summed E-state index contributed by atoms with van der Waals surface area (Å²) >= 11 is 0. The van der Waals surface area contributed by atoms with Gasteiger partial charge < -0.3 is 9.47 Å². The first-order valence-corrected chi connectivity index (χ1v) is 4.94. The second-order valence-electron chi connectivity index (χ2n) is 3.22. The number of hydrogen-bond donors (Lipinski definition) is 0. The van der Waals surface area contributed by atoms with Gasteiger partial charge in [0.1, 0.15) is 5.75 Å². The molecule has 1 aromatic carbocycles. The van der Waals surface area contributed by atoms with Crippen molar-refractivity contribution in [1.29, 1.82) is 0 Å². The molecule has 0 radical (unpaired) electrons. The van der Waals surface area contributed by atoms with E-state index in [-0.39, 0.29) is 5.78 Å². The Morgan fingerprint density at radius 1 is 1.27 bits per heavy atom. The van der Waals surface area contributed by atoms with Crippen LogP contribution in [0.2, 0.25) is 0 Å². The van der Waals surface area contributed by atoms with Crippen molar-refractivity contribution in [2.24, 2.45) is 0 Å². The molecule has 0 fully saturated rings. The first-order chi connectivity index (χ1) is 7.29. The van der Waals surface area contributed by atoms with Crippen LogP contribution in [0.5, 0.6) is 5.75 Å². The maximum atomic E-state index is 11.8. The molecule has 3 nitrogen and oxygen atoms in total. The highest BCUT2D eigenvalue weighted by atomic mass is 16.5. The van der Waals surface area contributed by atoms with Gasteiger partial charge in [0.15, 0.2) is 5.78 Å². The molecule has 0 aliphatic carbocycles. The molecule has 0 amide bonds. The molecule has 0 unspecified atom stereocenters. The van der Waals surface area contributed by atoms with Crippen molar-refractivity contribution in [1.82, 2.24) is 0 Å². The van der Waals surface area contributed by atoms with Crippen LogP contribution in [0.1, 0.15) is 23.2 Å². The van der Waals surface area contributed by atoms with E-state index < -0.39 is 0 Å². The summed E-state index contributed by atoms with van der Waals surface area (Å²) in [6.45, 7) is 0.612. The highest BCUT2D eigenvalue weighted by Crippen LogP contribution is 2.19. The van der Waals surface area contributed by atoms with Gasteiger partial charge in [-0.2, -0.15) is 0 Å². The molecular weight excluding hydrogens is 192 g/mol. The average Bonchev–Trinajstić information content (AvgIpc) is 2.29. The number of para-hydroxylation sites is 1. The Kier molecular flexibility index (Phi) is 4.84. The molecule has 82 valence electrons. The minimum absolute atomic E-state index is 0.101. The Labute approximate surface area is 90.0 Å². The van der Waals surface area contributed by atoms with Crippen molar-refractivity contribution in [2.75, 3.05) is 20.8 Å². The minimum atomic E-state index is 0.101. The van der Waals surface area contributed by atoms with Crippen LogP contribution in [0.3, 0.4) is 0 Å². The lowest BCUT2D eigenvalue weighted by Crippen LogP contribution is -2.03. The molecule has 0 saturated heterocycles. The topological polar surface area (TPSA) is 35.5 Å². The number of rotatable bonds is 6. The molecular formula is C12H16O3. The van der Waals surface area contributed by atoms with E-state index in [1.807, 2.05) is 12.1 Å². The number of hydrogen-bond acceptors (Lipinski definition) is 3. The van der Waals surface area contributed by atoms with Crippen molar-refractivity contribution in [3.63, 3.8) is 0 Å². The fourth-order valence-electron chi connectivity index (χ4n) is 1.39. The molecule has 0 spiro atoms. The van der Waals surface area contributed by atoms with Crippen LogP contribution < -0.4 is 4.74 Å². The zero-order valence-corrected chi connectivity index (χ0v) is 9.16. The summed E-state index contributed by atoms with van der Waals surface area (Å²) in [5, 5.41) is 0. The van der Waals surface area contributed by atoms with Crippen LogP contribution in [-0.4, -0.2) is 26.6 Å². The monoisotopic (exact) mass is 208 g/mol. The zero-order chi connectivity index (χ0) is 11.1. The van der Waals surface area contributed by atoms with Gasteiger partial charge in [-0.15, -0.1) is 0 Å². The Hall–Kier alpha value is -1.35. The van der Waals surface area contributed by atoms with Crippen molar-refractivity contribution in [2.45, 2.75) is 12.8 Å². The van der Waals surface area contributed by atoms with Gasteiger partial charge in [-0.3, -0.25) is 4.79 Å². The van der Waals surface area contributed by atoms with Crippen molar-refractivity contribution in [3.8, 4) is 5.75 Å². The molecule has 0 aliphatic rings. The predicted octanol–water partition coefficient (Wildman–Crippen LogP) is 2.30. The zero-order valence-electron chi connectivity index (χ0n) is 9.16. The van der Waals surface area contributed by atoms with E-state index in [4.69, 9.17) is 9.47 Å². The van der Waals surface area contributed by atoms with Gasteiger partial charge in [0.25, 0.3) is 0 Å². The van der Waals surface area contributed by atoms with Gasteiger partial charge in [0.2, 0.25) is 0 Å². The molecule has 0 N–H and O–H groups in total. The largest absolute Gasteiger partial charge is 0.496 e. The molecule has 0 aliphatic heterocycles. The molecule has 0 bridgehead atoms. The predicted molar refractivity (Wildman–Crippen MR) is 58.4 cm³/mol. The van der Waals surface area contributed by atoms with E-state index in [0.717, 1.165) is 6.42 Å². The summed E-state index contributed by atoms with van der Waals surface area (Å²) in [4.78, 5) is 11.8. The van der Waals surface area contributed by atoms with E-state index in [9.17, 15) is 4.79 Å². The van der Waals surface area contributed by atoms with Crippen LogP contribution in [0.15, 0.2) is 24.3 Å². The lowest BCUT2D eigenvalue weighted by molar-refractivity contribution is 0.0960. The number of benzene rings is 1. The van der Waals surface area contributed by atoms with Crippen LogP contribution in [0.25, 0.3) is 0 Å². The molecule has 15 heavy (non-hydrogen) atoms. The van der Waals surface area contributed by atoms with Crippen LogP contribution in [-0.2, 0) is 4.74 Å². The van der Waals surface area contributed by atoms with E-state index in [1.54, 1.807) is 26.4 Å². The van der Waals surface area contributed by atoms with Crippen LogP contribution in [0.4, 0.5) is 0 Å². The van der Waals surface area contributed by atoms with E-state index >= 15 is 0 Å². The SMILES string of the molecule is COCCCC(=O)c1ccccc1OC. The highest BCUT2D eigenvalue weighted by Gasteiger charge is 2.10. The molecule has 3 heteroatoms. The van der Waals surface area contributed by atoms with Gasteiger partial charge in [-0.25, -0.2) is 0 Å². The average molecular weight is 208 g/mol. The third-order valence-electron chi connectivity index (χ3n) is 2.16. The number of ether oxygens (including phenoxy) is 2. The number of Topliss-reactive ketones (excluding diaryl/α,β-unsaturated/α-hetero) is 1. The lowest BCUT2D eigenvalue weighted by Gasteiger charge is -2.06. The second kappa shape index (κ2) is 6.19. The first-order valence-electron chi connectivity index (χ1n) is 4.94. The van der Waals surface area contributed by atoms with E-state index in [0.29, 0.717) is 24.3 Å². The Balaban J connectivity index is 2.64. The quantitative estimate of drug-likeness (QED) is 0.531. The third kappa shape index (κ3) is 3.36. The number of carbonyl (C=O) groups excluding carboxylic acids is 1. The normalized spacial score (nSPS) is 10.0. The van der Waals surface area contributed by atoms with Crippen molar-refractivity contribution in [3.05, 3.63) is 29.8 Å². The van der Waals surface area contributed by atoms with Gasteiger partial charge >= 0.3 is 0 Å². The van der Waals surface area contributed by atoms with Crippen LogP contribution in [0, 0.1) is 0 Å². The summed E-state index contributed by atoms with van der Waals surface area (Å²) in [6, 6.07) is 7.27. The number of ketones is 1. The van der Waals surface area contributed by atoms with Gasteiger partial charge in [-0.1, -0.05) is 12.1 Å². The summed E-state index contributed by atoms with van der Waals surface area (Å²) in [7, 11) is 3.20. The standard InChI is InChI=1S/C12H16O3/c1-14-9-5-7-11(13)10-6-3-4-8-12(10)15-2/h3-4,6,8H,5,7,9H2,1-2H3. The van der Waals surface area contributed by atoms with Gasteiger partial charge in [0, 0.05) is 20.1 Å². The number of carbonyl (C=O) groups is 1. The smallest absolute Gasteiger partial charge is 0.166 e. The highest BCUT2D eigenvalue weighted by molar-refractivity contribution is 5.98. The maximum Gasteiger partial charge on any atom is 0.166 e.